The third kappa shape index (κ3) is 5.02. The summed E-state index contributed by atoms with van der Waals surface area (Å²) in [6.07, 6.45) is 0.717. The molecule has 0 spiro atoms. The van der Waals surface area contributed by atoms with Crippen molar-refractivity contribution in [3.63, 3.8) is 0 Å². The summed E-state index contributed by atoms with van der Waals surface area (Å²) in [5.41, 5.74) is 1.94. The van der Waals surface area contributed by atoms with E-state index in [0.717, 1.165) is 30.0 Å². The summed E-state index contributed by atoms with van der Waals surface area (Å²) in [5.74, 6) is 1.35. The van der Waals surface area contributed by atoms with Crippen LogP contribution in [0.4, 0.5) is 5.69 Å². The summed E-state index contributed by atoms with van der Waals surface area (Å²) < 4.78 is 5.62. The maximum absolute atomic E-state index is 11.3. The largest absolute Gasteiger partial charge is 0.491 e. The van der Waals surface area contributed by atoms with Crippen LogP contribution in [0.2, 0.25) is 0 Å². The van der Waals surface area contributed by atoms with E-state index in [-0.39, 0.29) is 12.5 Å². The summed E-state index contributed by atoms with van der Waals surface area (Å²) >= 11 is 0. The van der Waals surface area contributed by atoms with Crippen LogP contribution in [0, 0.1) is 5.92 Å². The molecule has 0 aliphatic carbocycles. The first kappa shape index (κ1) is 15.8. The number of aryl methyl sites for hydroxylation is 1. The van der Waals surface area contributed by atoms with E-state index < -0.39 is 6.10 Å². The Kier molecular flexibility index (Phi) is 5.59. The minimum atomic E-state index is -0.528. The van der Waals surface area contributed by atoms with Gasteiger partial charge in [-0.05, 0) is 42.6 Å². The summed E-state index contributed by atoms with van der Waals surface area (Å²) in [7, 11) is 0. The highest BCUT2D eigenvalue weighted by Crippen LogP contribution is 2.26. The number of hydrogen-bond donors (Lipinski definition) is 3. The molecule has 1 aliphatic rings. The minimum Gasteiger partial charge on any atom is -0.491 e. The number of fused-ring (bicyclic) bond motifs is 1. The fourth-order valence-electron chi connectivity index (χ4n) is 2.24. The Hall–Kier alpha value is -1.59. The minimum absolute atomic E-state index is 0.0582. The zero-order chi connectivity index (χ0) is 15.2. The van der Waals surface area contributed by atoms with Gasteiger partial charge >= 0.3 is 0 Å². The van der Waals surface area contributed by atoms with E-state index in [1.165, 1.54) is 0 Å². The number of rotatable bonds is 7. The maximum Gasteiger partial charge on any atom is 0.224 e. The molecule has 1 aromatic rings. The van der Waals surface area contributed by atoms with E-state index in [1.54, 1.807) is 0 Å². The second kappa shape index (κ2) is 7.43. The lowest BCUT2D eigenvalue weighted by Gasteiger charge is -2.18. The first-order chi connectivity index (χ1) is 10.0. The number of aliphatic hydroxyl groups excluding tert-OH is 1. The second-order valence-corrected chi connectivity index (χ2v) is 5.88. The fourth-order valence-corrected chi connectivity index (χ4v) is 2.24. The van der Waals surface area contributed by atoms with Gasteiger partial charge in [-0.3, -0.25) is 4.79 Å². The Labute approximate surface area is 125 Å². The SMILES string of the molecule is CC(C)CNCC(O)COc1ccc2c(c1)CCC(=O)N2. The van der Waals surface area contributed by atoms with Gasteiger partial charge in [0.2, 0.25) is 5.91 Å². The van der Waals surface area contributed by atoms with Crippen molar-refractivity contribution in [2.75, 3.05) is 25.0 Å². The smallest absolute Gasteiger partial charge is 0.224 e. The van der Waals surface area contributed by atoms with Crippen LogP contribution in [-0.4, -0.2) is 36.8 Å². The van der Waals surface area contributed by atoms with Crippen molar-refractivity contribution in [3.8, 4) is 5.75 Å². The lowest BCUT2D eigenvalue weighted by Crippen LogP contribution is -2.33. The molecule has 0 saturated carbocycles. The number of aliphatic hydroxyl groups is 1. The van der Waals surface area contributed by atoms with E-state index in [1.807, 2.05) is 18.2 Å². The van der Waals surface area contributed by atoms with Crippen LogP contribution in [0.1, 0.15) is 25.8 Å². The summed E-state index contributed by atoms with van der Waals surface area (Å²) in [6, 6.07) is 5.60. The van der Waals surface area contributed by atoms with Crippen LogP contribution in [0.15, 0.2) is 18.2 Å². The van der Waals surface area contributed by atoms with Gasteiger partial charge in [0.05, 0.1) is 0 Å². The molecule has 1 heterocycles. The Morgan fingerprint density at radius 2 is 2.14 bits per heavy atom. The van der Waals surface area contributed by atoms with Crippen LogP contribution in [0.5, 0.6) is 5.75 Å². The number of hydrogen-bond acceptors (Lipinski definition) is 4. The fraction of sp³-hybridized carbons (Fsp3) is 0.562. The van der Waals surface area contributed by atoms with E-state index in [2.05, 4.69) is 24.5 Å². The van der Waals surface area contributed by atoms with Gasteiger partial charge in [-0.2, -0.15) is 0 Å². The first-order valence-corrected chi connectivity index (χ1v) is 7.49. The molecule has 21 heavy (non-hydrogen) atoms. The van der Waals surface area contributed by atoms with Gasteiger partial charge in [-0.25, -0.2) is 0 Å². The molecule has 3 N–H and O–H groups in total. The molecular weight excluding hydrogens is 268 g/mol. The van der Waals surface area contributed by atoms with Crippen molar-refractivity contribution < 1.29 is 14.6 Å². The number of carbonyl (C=O) groups excluding carboxylic acids is 1. The first-order valence-electron chi connectivity index (χ1n) is 7.49. The van der Waals surface area contributed by atoms with Crippen molar-refractivity contribution in [2.45, 2.75) is 32.8 Å². The molecule has 0 saturated heterocycles. The molecule has 1 atom stereocenters. The van der Waals surface area contributed by atoms with E-state index in [9.17, 15) is 9.90 Å². The molecule has 0 radical (unpaired) electrons. The number of carbonyl (C=O) groups is 1. The molecule has 0 fully saturated rings. The zero-order valence-electron chi connectivity index (χ0n) is 12.7. The van der Waals surface area contributed by atoms with E-state index in [0.29, 0.717) is 18.9 Å². The molecule has 1 unspecified atom stereocenters. The van der Waals surface area contributed by atoms with E-state index in [4.69, 9.17) is 4.74 Å². The van der Waals surface area contributed by atoms with E-state index >= 15 is 0 Å². The molecule has 5 heteroatoms. The number of anilines is 1. The third-order valence-electron chi connectivity index (χ3n) is 3.35. The second-order valence-electron chi connectivity index (χ2n) is 5.88. The Bertz CT molecular complexity index is 488. The lowest BCUT2D eigenvalue weighted by atomic mass is 10.0. The highest BCUT2D eigenvalue weighted by molar-refractivity contribution is 5.93. The molecule has 0 bridgehead atoms. The molecule has 0 aromatic heterocycles. The van der Waals surface area contributed by atoms with Gasteiger partial charge < -0.3 is 20.5 Å². The average molecular weight is 292 g/mol. The molecule has 1 amide bonds. The molecule has 2 rings (SSSR count). The quantitative estimate of drug-likeness (QED) is 0.713. The molecule has 1 aromatic carbocycles. The van der Waals surface area contributed by atoms with Gasteiger partial charge in [-0.15, -0.1) is 0 Å². The highest BCUT2D eigenvalue weighted by atomic mass is 16.5. The van der Waals surface area contributed by atoms with Crippen molar-refractivity contribution in [2.24, 2.45) is 5.92 Å². The maximum atomic E-state index is 11.3. The molecule has 5 nitrogen and oxygen atoms in total. The Morgan fingerprint density at radius 1 is 1.33 bits per heavy atom. The predicted octanol–water partition coefficient (Wildman–Crippen LogP) is 1.56. The number of benzene rings is 1. The summed E-state index contributed by atoms with van der Waals surface area (Å²) in [6.45, 7) is 5.93. The molecule has 1 aliphatic heterocycles. The van der Waals surface area contributed by atoms with Gasteiger partial charge in [-0.1, -0.05) is 13.8 Å². The number of ether oxygens (including phenoxy) is 1. The van der Waals surface area contributed by atoms with Crippen LogP contribution in [0.3, 0.4) is 0 Å². The van der Waals surface area contributed by atoms with Crippen LogP contribution < -0.4 is 15.4 Å². The van der Waals surface area contributed by atoms with Gasteiger partial charge in [0.25, 0.3) is 0 Å². The topological polar surface area (TPSA) is 70.6 Å². The Morgan fingerprint density at radius 3 is 2.90 bits per heavy atom. The summed E-state index contributed by atoms with van der Waals surface area (Å²) in [4.78, 5) is 11.3. The average Bonchev–Trinajstić information content (AvgIpc) is 2.44. The van der Waals surface area contributed by atoms with Crippen LogP contribution in [-0.2, 0) is 11.2 Å². The van der Waals surface area contributed by atoms with Gasteiger partial charge in [0.1, 0.15) is 18.5 Å². The highest BCUT2D eigenvalue weighted by Gasteiger charge is 2.15. The summed E-state index contributed by atoms with van der Waals surface area (Å²) in [5, 5.41) is 15.9. The Balaban J connectivity index is 1.79. The van der Waals surface area contributed by atoms with Crippen LogP contribution >= 0.6 is 0 Å². The van der Waals surface area contributed by atoms with Crippen molar-refractivity contribution in [3.05, 3.63) is 23.8 Å². The lowest BCUT2D eigenvalue weighted by molar-refractivity contribution is -0.116. The number of amides is 1. The van der Waals surface area contributed by atoms with Crippen molar-refractivity contribution in [1.29, 1.82) is 0 Å². The van der Waals surface area contributed by atoms with Gasteiger partial charge in [0.15, 0.2) is 0 Å². The standard InChI is InChI=1S/C16H24N2O3/c1-11(2)8-17-9-13(19)10-21-14-4-5-15-12(7-14)3-6-16(20)18-15/h4-5,7,11,13,17,19H,3,6,8-10H2,1-2H3,(H,18,20). The number of nitrogens with one attached hydrogen (secondary N) is 2. The van der Waals surface area contributed by atoms with Crippen molar-refractivity contribution in [1.82, 2.24) is 5.32 Å². The zero-order valence-corrected chi connectivity index (χ0v) is 12.7. The van der Waals surface area contributed by atoms with Crippen molar-refractivity contribution >= 4 is 11.6 Å². The molecular formula is C16H24N2O3. The molecule has 116 valence electrons. The van der Waals surface area contributed by atoms with Gasteiger partial charge in [0, 0.05) is 18.7 Å². The normalized spacial score (nSPS) is 15.5. The monoisotopic (exact) mass is 292 g/mol. The predicted molar refractivity (Wildman–Crippen MR) is 82.6 cm³/mol. The van der Waals surface area contributed by atoms with Crippen LogP contribution in [0.25, 0.3) is 0 Å². The third-order valence-corrected chi connectivity index (χ3v) is 3.35.